The Balaban J connectivity index is 0.000000282. The van der Waals surface area contributed by atoms with Gasteiger partial charge in [-0.25, -0.2) is 8.78 Å². The third-order valence-corrected chi connectivity index (χ3v) is 19.9. The topological polar surface area (TPSA) is 141 Å². The molecular formula is C102H142Cl4F2N10O. The van der Waals surface area contributed by atoms with Gasteiger partial charge in [0.15, 0.2) is 0 Å². The predicted molar refractivity (Wildman–Crippen MR) is 508 cm³/mol. The van der Waals surface area contributed by atoms with Crippen molar-refractivity contribution in [2.75, 3.05) is 6.54 Å². The summed E-state index contributed by atoms with van der Waals surface area (Å²) in [7, 11) is 0. The maximum Gasteiger partial charge on any atom is 0.126 e. The Bertz CT molecular complexity index is 4230. The number of aliphatic hydroxyl groups excluding tert-OH is 1. The van der Waals surface area contributed by atoms with Crippen molar-refractivity contribution in [2.45, 2.75) is 275 Å². The lowest BCUT2D eigenvalue weighted by atomic mass is 9.87. The van der Waals surface area contributed by atoms with Crippen molar-refractivity contribution in [3.8, 4) is 0 Å². The fraction of sp³-hybridized carbons (Fsp3) is 0.422. The third-order valence-electron chi connectivity index (χ3n) is 18.7. The zero-order valence-electron chi connectivity index (χ0n) is 74.5. The van der Waals surface area contributed by atoms with Gasteiger partial charge in [-0.1, -0.05) is 327 Å². The highest BCUT2D eigenvalue weighted by molar-refractivity contribution is 6.35. The van der Waals surface area contributed by atoms with E-state index in [0.29, 0.717) is 77.5 Å². The number of aliphatic hydroxyl groups is 1. The first kappa shape index (κ1) is 104. The number of rotatable bonds is 27. The van der Waals surface area contributed by atoms with Gasteiger partial charge >= 0.3 is 0 Å². The number of pyridine rings is 1. The van der Waals surface area contributed by atoms with E-state index in [1.807, 2.05) is 74.8 Å². The molecule has 0 amide bonds. The van der Waals surface area contributed by atoms with Gasteiger partial charge in [-0.3, -0.25) is 4.98 Å². The maximum atomic E-state index is 12.7. The summed E-state index contributed by atoms with van der Waals surface area (Å²) in [6.07, 6.45) is 9.13. The molecule has 2 aliphatic carbocycles. The molecule has 2 aliphatic rings. The molecule has 17 heteroatoms. The highest BCUT2D eigenvalue weighted by Gasteiger charge is 2.30. The lowest BCUT2D eigenvalue weighted by molar-refractivity contribution is 0.137. The normalized spacial score (nSPS) is 13.7. The summed E-state index contributed by atoms with van der Waals surface area (Å²) < 4.78 is 25.4. The van der Waals surface area contributed by atoms with E-state index in [-0.39, 0.29) is 18.2 Å². The number of nitrogens with zero attached hydrogens (tertiary/aromatic N) is 1. The van der Waals surface area contributed by atoms with Crippen molar-refractivity contribution in [2.24, 2.45) is 0 Å². The zero-order valence-corrected chi connectivity index (χ0v) is 77.6. The van der Waals surface area contributed by atoms with Crippen LogP contribution in [0, 0.1) is 18.6 Å². The van der Waals surface area contributed by atoms with Crippen LogP contribution in [0.5, 0.6) is 0 Å². The van der Waals surface area contributed by atoms with E-state index in [9.17, 15) is 13.9 Å². The van der Waals surface area contributed by atoms with E-state index in [2.05, 4.69) is 322 Å². The molecule has 1 heterocycles. The molecule has 10 aromatic rings. The van der Waals surface area contributed by atoms with E-state index in [1.165, 1.54) is 87.0 Å². The molecule has 0 spiro atoms. The number of aromatic nitrogens is 1. The van der Waals surface area contributed by atoms with Gasteiger partial charge < -0.3 is 53.0 Å². The van der Waals surface area contributed by atoms with Crippen LogP contribution in [-0.2, 0) is 52.0 Å². The minimum absolute atomic E-state index is 0.117. The van der Waals surface area contributed by atoms with Crippen molar-refractivity contribution in [1.29, 1.82) is 0 Å². The van der Waals surface area contributed by atoms with E-state index in [1.54, 1.807) is 12.1 Å². The molecule has 119 heavy (non-hydrogen) atoms. The van der Waals surface area contributed by atoms with Crippen LogP contribution < -0.4 is 47.9 Å². The van der Waals surface area contributed by atoms with Gasteiger partial charge in [0.2, 0.25) is 0 Å². The van der Waals surface area contributed by atoms with Gasteiger partial charge in [0.1, 0.15) is 11.6 Å². The molecule has 0 aliphatic heterocycles. The molecule has 12 rings (SSSR count). The van der Waals surface area contributed by atoms with E-state index >= 15 is 0 Å². The second-order valence-electron chi connectivity index (χ2n) is 32.9. The summed E-state index contributed by atoms with van der Waals surface area (Å²) in [6.45, 7) is 45.5. The Morgan fingerprint density at radius 3 is 1.36 bits per heavy atom. The summed E-state index contributed by atoms with van der Waals surface area (Å²) >= 11 is 23.6. The standard InChI is InChI=1S/C16H19N.C13H19N.C12H17NO.2C11H17N.2C10H13Cl2N.C10H13F2N.C9H14N2/c1-13(2)17-16(14-9-5-3-6-10-14)15-11-7-4-8-12-15;1-10(2)14-13-9-5-7-11-6-3-4-8-12(11)13;1-8(2)13-12-10-6-4-3-5-9(10)7-11(12)14;1-9(2)12-8-11-7-5-4-6-10(11)3;1-10(2)12-9-8-11-6-4-3-5-7-11;1-7(2)13-6-8-5-9(11)3-4-10(8)12;1-7(2)13-6-8-3-4-9(11)5-10(8)12;1-7(2)13-6-8-3-9(11)5-10(12)4-8;1-8(2)11-7-9-3-5-10-6-4-9/h3-13,16-17H,1-2H3;3-4,6,8,10,13-14H,5,7,9H2,1-2H3;3-6,8,11-14H,7H2,1-2H3;4-7,9,12H,8H2,1-3H3;3-7,10,12H,8-9H2,1-2H3;3*3-5,7,13H,6H2,1-2H3;3-6,8,11H,7H2,1-2H3/t;13-;11-,12+;;;;;;/m.01....../s1. The predicted octanol–water partition coefficient (Wildman–Crippen LogP) is 24.2. The lowest BCUT2D eigenvalue weighted by Gasteiger charge is -2.28. The third kappa shape index (κ3) is 46.0. The Morgan fingerprint density at radius 2 is 0.840 bits per heavy atom. The molecule has 0 bridgehead atoms. The number of aryl methyl sites for hydroxylation is 2. The summed E-state index contributed by atoms with van der Waals surface area (Å²) in [6, 6.07) is 81.3. The van der Waals surface area contributed by atoms with Crippen molar-refractivity contribution in [3.63, 3.8) is 0 Å². The number of hydrogen-bond donors (Lipinski definition) is 10. The van der Waals surface area contributed by atoms with Crippen LogP contribution in [0.15, 0.2) is 243 Å². The Morgan fingerprint density at radius 1 is 0.387 bits per heavy atom. The van der Waals surface area contributed by atoms with Gasteiger partial charge in [0, 0.05) is 138 Å². The molecule has 10 N–H and O–H groups in total. The zero-order chi connectivity index (χ0) is 87.6. The number of benzene rings is 9. The average Bonchev–Trinajstić information content (AvgIpc) is 1.63. The van der Waals surface area contributed by atoms with Gasteiger partial charge in [0.25, 0.3) is 0 Å². The molecule has 1 aromatic heterocycles. The smallest absolute Gasteiger partial charge is 0.126 e. The molecule has 0 radical (unpaired) electrons. The van der Waals surface area contributed by atoms with E-state index in [4.69, 9.17) is 46.4 Å². The second kappa shape index (κ2) is 59.5. The fourth-order valence-corrected chi connectivity index (χ4v) is 13.4. The molecule has 3 atom stereocenters. The first-order valence-electron chi connectivity index (χ1n) is 42.7. The van der Waals surface area contributed by atoms with Crippen LogP contribution in [0.25, 0.3) is 0 Å². The van der Waals surface area contributed by atoms with Gasteiger partial charge in [-0.2, -0.15) is 0 Å². The molecule has 0 saturated heterocycles. The second-order valence-corrected chi connectivity index (χ2v) is 34.6. The van der Waals surface area contributed by atoms with Crippen LogP contribution in [0.4, 0.5) is 8.78 Å². The van der Waals surface area contributed by atoms with Crippen LogP contribution in [0.3, 0.4) is 0 Å². The van der Waals surface area contributed by atoms with Gasteiger partial charge in [-0.05, 0) is 180 Å². The van der Waals surface area contributed by atoms with Crippen LogP contribution in [0.2, 0.25) is 20.1 Å². The maximum absolute atomic E-state index is 12.7. The minimum atomic E-state index is -0.527. The Hall–Kier alpha value is -7.25. The summed E-state index contributed by atoms with van der Waals surface area (Å²) in [5, 5.41) is 43.2. The SMILES string of the molecule is CC(C)NC(c1ccccc1)c1ccccc1.CC(C)NCCc1ccccc1.CC(C)NCc1cc(Cl)ccc1Cl.CC(C)NCc1cc(F)cc(F)c1.CC(C)NCc1ccc(Cl)cc1Cl.CC(C)NCc1ccncc1.CC(C)N[C@H]1CCCc2ccccc21.CC(C)N[C@H]1c2ccccc2C[C@H]1O.Cc1ccccc1CNC(C)C. The van der Waals surface area contributed by atoms with E-state index in [0.717, 1.165) is 77.8 Å². The highest BCUT2D eigenvalue weighted by Crippen LogP contribution is 2.33. The monoisotopic (exact) mass is 1700 g/mol. The van der Waals surface area contributed by atoms with Crippen molar-refractivity contribution in [3.05, 3.63) is 347 Å². The molecule has 648 valence electrons. The van der Waals surface area contributed by atoms with Gasteiger partial charge in [0.05, 0.1) is 18.2 Å². The van der Waals surface area contributed by atoms with Crippen LogP contribution >= 0.6 is 46.4 Å². The quantitative estimate of drug-likeness (QED) is 0.0241. The van der Waals surface area contributed by atoms with Crippen LogP contribution in [-0.4, -0.2) is 77.1 Å². The fourth-order valence-electron chi connectivity index (χ4n) is 12.6. The average molecular weight is 1700 g/mol. The largest absolute Gasteiger partial charge is 0.391 e. The Kier molecular flexibility index (Phi) is 52.0. The van der Waals surface area contributed by atoms with Crippen molar-refractivity contribution in [1.82, 2.24) is 52.8 Å². The van der Waals surface area contributed by atoms with E-state index < -0.39 is 11.6 Å². The molecule has 0 unspecified atom stereocenters. The van der Waals surface area contributed by atoms with Gasteiger partial charge in [-0.15, -0.1) is 0 Å². The van der Waals surface area contributed by atoms with Crippen LogP contribution in [0.1, 0.15) is 228 Å². The van der Waals surface area contributed by atoms with Crippen molar-refractivity contribution < 1.29 is 13.9 Å². The minimum Gasteiger partial charge on any atom is -0.391 e. The van der Waals surface area contributed by atoms with Crippen molar-refractivity contribution >= 4 is 46.4 Å². The first-order valence-corrected chi connectivity index (χ1v) is 44.2. The molecule has 0 fully saturated rings. The number of fused-ring (bicyclic) bond motifs is 2. The number of nitrogens with one attached hydrogen (secondary N) is 9. The summed E-state index contributed by atoms with van der Waals surface area (Å²) in [5.41, 5.74) is 16.4. The molecule has 9 aromatic carbocycles. The summed E-state index contributed by atoms with van der Waals surface area (Å²) in [4.78, 5) is 3.94. The number of hydrogen-bond acceptors (Lipinski definition) is 11. The highest BCUT2D eigenvalue weighted by atomic mass is 35.5. The lowest BCUT2D eigenvalue weighted by Crippen LogP contribution is -2.33. The first-order chi connectivity index (χ1) is 56.8. The molecule has 0 saturated carbocycles. The molecular weight excluding hydrogens is 1560 g/mol. The Labute approximate surface area is 736 Å². The molecule has 11 nitrogen and oxygen atoms in total. The summed E-state index contributed by atoms with van der Waals surface area (Å²) in [5.74, 6) is -1.05. The number of halogens is 6.